The second kappa shape index (κ2) is 8.42. The van der Waals surface area contributed by atoms with Crippen LogP contribution in [0.25, 0.3) is 21.7 Å². The number of hydrogen-bond donors (Lipinski definition) is 1. The van der Waals surface area contributed by atoms with Gasteiger partial charge in [0.05, 0.1) is 41.0 Å². The lowest BCUT2D eigenvalue weighted by atomic mass is 9.96. The minimum atomic E-state index is -0.717. The molecule has 0 spiro atoms. The number of hydrogen-bond acceptors (Lipinski definition) is 6. The number of fused-ring (bicyclic) bond motifs is 3. The van der Waals surface area contributed by atoms with Crippen molar-refractivity contribution in [2.75, 3.05) is 19.5 Å². The average molecular weight is 434 g/mol. The molecular formula is C24H23N3O3S. The smallest absolute Gasteiger partial charge is 0.261 e. The first-order valence-electron chi connectivity index (χ1n) is 10.3. The fourth-order valence-electron chi connectivity index (χ4n) is 4.41. The molecule has 2 atom stereocenters. The largest absolute Gasteiger partial charge is 0.389 e. The van der Waals surface area contributed by atoms with E-state index < -0.39 is 6.10 Å². The van der Waals surface area contributed by atoms with E-state index in [0.29, 0.717) is 30.4 Å². The molecule has 158 valence electrons. The number of thioether (sulfide) groups is 1. The standard InChI is InChI=1S/C24H23N3O3S/c1-31-23-15(5-4-9-25-23)11-16-12-19-22(18-7-3-2-6-17(16)18)26-14-27(24(19)29)20-8-10-30-13-21(20)28/h2-7,9,12,14,20-21,28H,8,10-11,13H2,1H3/t20-,21-/m0/s1. The number of aliphatic hydroxyl groups is 1. The van der Waals surface area contributed by atoms with E-state index in [4.69, 9.17) is 4.74 Å². The molecule has 1 aliphatic heterocycles. The van der Waals surface area contributed by atoms with E-state index in [1.54, 1.807) is 28.9 Å². The fourth-order valence-corrected chi connectivity index (χ4v) is 4.98. The molecule has 3 heterocycles. The summed E-state index contributed by atoms with van der Waals surface area (Å²) >= 11 is 1.62. The number of pyridine rings is 1. The van der Waals surface area contributed by atoms with Crippen LogP contribution in [0.1, 0.15) is 23.6 Å². The van der Waals surface area contributed by atoms with Crippen molar-refractivity contribution < 1.29 is 9.84 Å². The van der Waals surface area contributed by atoms with Crippen LogP contribution < -0.4 is 5.56 Å². The molecule has 2 aromatic carbocycles. The number of benzene rings is 2. The van der Waals surface area contributed by atoms with Gasteiger partial charge in [0.25, 0.3) is 5.56 Å². The van der Waals surface area contributed by atoms with Crippen molar-refractivity contribution in [2.24, 2.45) is 0 Å². The molecule has 7 heteroatoms. The summed E-state index contributed by atoms with van der Waals surface area (Å²) in [6, 6.07) is 13.7. The van der Waals surface area contributed by atoms with E-state index in [9.17, 15) is 9.90 Å². The third-order valence-corrected chi connectivity index (χ3v) is 6.70. The second-order valence-electron chi connectivity index (χ2n) is 7.78. The number of ether oxygens (including phenoxy) is 1. The van der Waals surface area contributed by atoms with Crippen LogP contribution in [0.5, 0.6) is 0 Å². The van der Waals surface area contributed by atoms with Gasteiger partial charge in [0.15, 0.2) is 0 Å². The Morgan fingerprint density at radius 3 is 2.77 bits per heavy atom. The molecule has 1 aliphatic rings. The Balaban J connectivity index is 1.71. The predicted molar refractivity (Wildman–Crippen MR) is 123 cm³/mol. The first-order valence-corrected chi connectivity index (χ1v) is 11.5. The molecule has 1 fully saturated rings. The van der Waals surface area contributed by atoms with E-state index in [-0.39, 0.29) is 18.2 Å². The summed E-state index contributed by atoms with van der Waals surface area (Å²) in [6.07, 6.45) is 5.94. The molecule has 0 saturated carbocycles. The highest BCUT2D eigenvalue weighted by Gasteiger charge is 2.27. The molecule has 1 saturated heterocycles. The highest BCUT2D eigenvalue weighted by Crippen LogP contribution is 2.30. The van der Waals surface area contributed by atoms with E-state index in [2.05, 4.69) is 22.1 Å². The zero-order valence-corrected chi connectivity index (χ0v) is 18.0. The quantitative estimate of drug-likeness (QED) is 0.392. The minimum Gasteiger partial charge on any atom is -0.389 e. The molecule has 31 heavy (non-hydrogen) atoms. The Kier molecular flexibility index (Phi) is 5.48. The van der Waals surface area contributed by atoms with Crippen molar-refractivity contribution >= 4 is 33.4 Å². The normalized spacial score (nSPS) is 19.2. The van der Waals surface area contributed by atoms with Crippen molar-refractivity contribution in [3.63, 3.8) is 0 Å². The first kappa shape index (κ1) is 20.2. The Morgan fingerprint density at radius 1 is 1.13 bits per heavy atom. The number of nitrogens with zero attached hydrogens (tertiary/aromatic N) is 3. The van der Waals surface area contributed by atoms with Crippen LogP contribution in [-0.4, -0.2) is 45.2 Å². The van der Waals surface area contributed by atoms with Gasteiger partial charge in [-0.15, -0.1) is 11.8 Å². The van der Waals surface area contributed by atoms with Crippen molar-refractivity contribution in [3.8, 4) is 0 Å². The van der Waals surface area contributed by atoms with Crippen LogP contribution in [0, 0.1) is 0 Å². The lowest BCUT2D eigenvalue weighted by molar-refractivity contribution is -0.0395. The molecular weight excluding hydrogens is 410 g/mol. The summed E-state index contributed by atoms with van der Waals surface area (Å²) in [5, 5.41) is 14.0. The van der Waals surface area contributed by atoms with Gasteiger partial charge >= 0.3 is 0 Å². The van der Waals surface area contributed by atoms with Gasteiger partial charge in [-0.3, -0.25) is 9.36 Å². The van der Waals surface area contributed by atoms with Gasteiger partial charge in [-0.05, 0) is 41.3 Å². The number of aliphatic hydroxyl groups excluding tert-OH is 1. The fraction of sp³-hybridized carbons (Fsp3) is 0.292. The van der Waals surface area contributed by atoms with Crippen LogP contribution in [0.4, 0.5) is 0 Å². The Labute approximate surface area is 183 Å². The summed E-state index contributed by atoms with van der Waals surface area (Å²) in [5.74, 6) is 0. The number of rotatable bonds is 4. The van der Waals surface area contributed by atoms with Crippen LogP contribution >= 0.6 is 11.8 Å². The maximum Gasteiger partial charge on any atom is 0.261 e. The van der Waals surface area contributed by atoms with Crippen molar-refractivity contribution in [1.82, 2.24) is 14.5 Å². The molecule has 0 amide bonds. The maximum absolute atomic E-state index is 13.5. The molecule has 4 aromatic rings. The molecule has 0 aliphatic carbocycles. The molecule has 0 radical (unpaired) electrons. The van der Waals surface area contributed by atoms with Gasteiger partial charge in [-0.25, -0.2) is 9.97 Å². The average Bonchev–Trinajstić information content (AvgIpc) is 2.81. The summed E-state index contributed by atoms with van der Waals surface area (Å²) in [6.45, 7) is 0.754. The third kappa shape index (κ3) is 3.63. The highest BCUT2D eigenvalue weighted by molar-refractivity contribution is 7.98. The van der Waals surface area contributed by atoms with E-state index in [1.165, 1.54) is 0 Å². The molecule has 6 nitrogen and oxygen atoms in total. The highest BCUT2D eigenvalue weighted by atomic mass is 32.2. The maximum atomic E-state index is 13.5. The van der Waals surface area contributed by atoms with Gasteiger partial charge in [-0.2, -0.15) is 0 Å². The zero-order chi connectivity index (χ0) is 21.4. The lowest BCUT2D eigenvalue weighted by Gasteiger charge is -2.29. The van der Waals surface area contributed by atoms with Crippen molar-refractivity contribution in [1.29, 1.82) is 0 Å². The van der Waals surface area contributed by atoms with Gasteiger partial charge in [-0.1, -0.05) is 30.3 Å². The molecule has 5 rings (SSSR count). The molecule has 1 N–H and O–H groups in total. The lowest BCUT2D eigenvalue weighted by Crippen LogP contribution is -2.39. The Bertz CT molecular complexity index is 1320. The van der Waals surface area contributed by atoms with E-state index in [0.717, 1.165) is 26.9 Å². The van der Waals surface area contributed by atoms with Crippen LogP contribution in [-0.2, 0) is 11.2 Å². The van der Waals surface area contributed by atoms with Crippen LogP contribution in [0.3, 0.4) is 0 Å². The number of aromatic nitrogens is 3. The van der Waals surface area contributed by atoms with Gasteiger partial charge in [0.1, 0.15) is 0 Å². The third-order valence-electron chi connectivity index (χ3n) is 5.95. The van der Waals surface area contributed by atoms with Crippen molar-refractivity contribution in [2.45, 2.75) is 30.0 Å². The van der Waals surface area contributed by atoms with E-state index in [1.807, 2.05) is 36.6 Å². The van der Waals surface area contributed by atoms with Gasteiger partial charge in [0, 0.05) is 24.6 Å². The SMILES string of the molecule is CSc1ncccc1Cc1cc2c(=O)n([C@H]3CCOC[C@@H]3O)cnc2c2ccccc12. The van der Waals surface area contributed by atoms with Crippen LogP contribution in [0.15, 0.2) is 64.8 Å². The van der Waals surface area contributed by atoms with Crippen LogP contribution in [0.2, 0.25) is 0 Å². The molecule has 2 aromatic heterocycles. The van der Waals surface area contributed by atoms with E-state index >= 15 is 0 Å². The van der Waals surface area contributed by atoms with Gasteiger partial charge < -0.3 is 9.84 Å². The van der Waals surface area contributed by atoms with Gasteiger partial charge in [0.2, 0.25) is 0 Å². The zero-order valence-electron chi connectivity index (χ0n) is 17.2. The monoisotopic (exact) mass is 433 g/mol. The Morgan fingerprint density at radius 2 is 1.97 bits per heavy atom. The minimum absolute atomic E-state index is 0.126. The summed E-state index contributed by atoms with van der Waals surface area (Å²) in [5.41, 5.74) is 2.76. The summed E-state index contributed by atoms with van der Waals surface area (Å²) < 4.78 is 6.91. The topological polar surface area (TPSA) is 77.2 Å². The summed E-state index contributed by atoms with van der Waals surface area (Å²) in [7, 11) is 0. The second-order valence-corrected chi connectivity index (χ2v) is 8.58. The molecule has 0 unspecified atom stereocenters. The summed E-state index contributed by atoms with van der Waals surface area (Å²) in [4.78, 5) is 22.6. The Hall–Kier alpha value is -2.74. The predicted octanol–water partition coefficient (Wildman–Crippen LogP) is 3.58. The first-order chi connectivity index (χ1) is 15.2. The molecule has 0 bridgehead atoms. The van der Waals surface area contributed by atoms with Crippen molar-refractivity contribution in [3.05, 3.63) is 76.5 Å².